The van der Waals surface area contributed by atoms with Gasteiger partial charge in [-0.15, -0.1) is 0 Å². The van der Waals surface area contributed by atoms with Gasteiger partial charge in [0.05, 0.1) is 6.61 Å². The molecule has 0 aliphatic heterocycles. The van der Waals surface area contributed by atoms with Gasteiger partial charge in [-0.05, 0) is 21.8 Å². The zero-order chi connectivity index (χ0) is 18.1. The summed E-state index contributed by atoms with van der Waals surface area (Å²) in [6.07, 6.45) is 0.391. The van der Waals surface area contributed by atoms with Crippen LogP contribution < -0.4 is 10.4 Å². The van der Waals surface area contributed by atoms with Crippen molar-refractivity contribution in [3.05, 3.63) is 60.7 Å². The molecule has 0 bridgehead atoms. The van der Waals surface area contributed by atoms with Crippen LogP contribution in [0.25, 0.3) is 0 Å². The standard InChI is InChI=1S/C21H27FO2Si/c1-20(2,3)25(18-10-6-4-7-11-18,19-12-8-5-9-13-19)24-15-17-14-21(17,22)16-23/h4-13,17,23H,14-16H2,1-3H3/t17-,21-/m1/s1. The Morgan fingerprint density at radius 3 is 1.88 bits per heavy atom. The van der Waals surface area contributed by atoms with Gasteiger partial charge in [0.1, 0.15) is 5.67 Å². The number of benzene rings is 2. The molecule has 1 aliphatic rings. The average Bonchev–Trinajstić information content (AvgIpc) is 3.27. The number of alkyl halides is 1. The van der Waals surface area contributed by atoms with Gasteiger partial charge in [0.15, 0.2) is 0 Å². The Hall–Kier alpha value is -1.49. The first-order chi connectivity index (χ1) is 11.8. The van der Waals surface area contributed by atoms with Crippen LogP contribution in [0.1, 0.15) is 27.2 Å². The molecular weight excluding hydrogens is 331 g/mol. The summed E-state index contributed by atoms with van der Waals surface area (Å²) < 4.78 is 20.9. The van der Waals surface area contributed by atoms with Crippen molar-refractivity contribution < 1.29 is 13.9 Å². The molecule has 2 nitrogen and oxygen atoms in total. The third-order valence-corrected chi connectivity index (χ3v) is 10.3. The third-order valence-electron chi connectivity index (χ3n) is 5.34. The second kappa shape index (κ2) is 6.67. The summed E-state index contributed by atoms with van der Waals surface area (Å²) in [6.45, 7) is 6.56. The zero-order valence-corrected chi connectivity index (χ0v) is 16.2. The molecule has 134 valence electrons. The van der Waals surface area contributed by atoms with Gasteiger partial charge in [0.2, 0.25) is 0 Å². The Bertz CT molecular complexity index is 659. The number of aliphatic hydroxyl groups excluding tert-OH is 1. The summed E-state index contributed by atoms with van der Waals surface area (Å²) in [6, 6.07) is 20.7. The second-order valence-corrected chi connectivity index (χ2v) is 12.4. The highest BCUT2D eigenvalue weighted by Crippen LogP contribution is 2.48. The van der Waals surface area contributed by atoms with Crippen LogP contribution in [0.3, 0.4) is 0 Å². The number of rotatable bonds is 6. The minimum Gasteiger partial charge on any atom is -0.407 e. The van der Waals surface area contributed by atoms with Crippen LogP contribution in [-0.4, -0.2) is 32.3 Å². The predicted octanol–water partition coefficient (Wildman–Crippen LogP) is 3.28. The van der Waals surface area contributed by atoms with Crippen molar-refractivity contribution in [2.45, 2.75) is 37.9 Å². The first-order valence-corrected chi connectivity index (χ1v) is 10.8. The highest BCUT2D eigenvalue weighted by Gasteiger charge is 2.57. The maximum atomic E-state index is 14.3. The van der Waals surface area contributed by atoms with Gasteiger partial charge in [0, 0.05) is 12.5 Å². The maximum absolute atomic E-state index is 14.3. The molecule has 2 atom stereocenters. The Morgan fingerprint density at radius 1 is 1.04 bits per heavy atom. The molecule has 0 aromatic heterocycles. The van der Waals surface area contributed by atoms with Crippen molar-refractivity contribution in [2.75, 3.05) is 13.2 Å². The molecule has 1 fully saturated rings. The average molecular weight is 359 g/mol. The molecule has 3 rings (SSSR count). The number of halogens is 1. The van der Waals surface area contributed by atoms with Gasteiger partial charge in [-0.2, -0.15) is 0 Å². The lowest BCUT2D eigenvalue weighted by molar-refractivity contribution is 0.130. The fourth-order valence-corrected chi connectivity index (χ4v) is 8.35. The highest BCUT2D eigenvalue weighted by molar-refractivity contribution is 6.99. The Labute approximate surface area is 150 Å². The largest absolute Gasteiger partial charge is 0.407 e. The molecule has 2 aromatic rings. The number of aliphatic hydroxyl groups is 1. The maximum Gasteiger partial charge on any atom is 0.261 e. The van der Waals surface area contributed by atoms with Crippen molar-refractivity contribution >= 4 is 18.7 Å². The van der Waals surface area contributed by atoms with Crippen molar-refractivity contribution in [1.29, 1.82) is 0 Å². The predicted molar refractivity (Wildman–Crippen MR) is 103 cm³/mol. The van der Waals surface area contributed by atoms with E-state index in [9.17, 15) is 9.50 Å². The Balaban J connectivity index is 2.03. The molecule has 0 saturated heterocycles. The van der Waals surface area contributed by atoms with Crippen LogP contribution in [0.2, 0.25) is 5.04 Å². The van der Waals surface area contributed by atoms with E-state index >= 15 is 0 Å². The molecule has 0 amide bonds. The summed E-state index contributed by atoms with van der Waals surface area (Å²) in [5.74, 6) is -0.209. The van der Waals surface area contributed by atoms with E-state index in [2.05, 4.69) is 45.0 Å². The second-order valence-electron chi connectivity index (χ2n) is 8.07. The summed E-state index contributed by atoms with van der Waals surface area (Å²) in [7, 11) is -2.60. The van der Waals surface area contributed by atoms with Crippen molar-refractivity contribution in [2.24, 2.45) is 5.92 Å². The lowest BCUT2D eigenvalue weighted by Gasteiger charge is -2.43. The van der Waals surface area contributed by atoms with Gasteiger partial charge in [-0.25, -0.2) is 4.39 Å². The van der Waals surface area contributed by atoms with Crippen LogP contribution >= 0.6 is 0 Å². The van der Waals surface area contributed by atoms with Crippen molar-refractivity contribution in [1.82, 2.24) is 0 Å². The lowest BCUT2D eigenvalue weighted by atomic mass is 10.2. The van der Waals surface area contributed by atoms with E-state index in [1.165, 1.54) is 10.4 Å². The van der Waals surface area contributed by atoms with Crippen LogP contribution in [-0.2, 0) is 4.43 Å². The summed E-state index contributed by atoms with van der Waals surface area (Å²) in [5, 5.41) is 11.5. The Kier molecular flexibility index (Phi) is 4.88. The van der Waals surface area contributed by atoms with Crippen LogP contribution in [0, 0.1) is 5.92 Å². The zero-order valence-electron chi connectivity index (χ0n) is 15.2. The topological polar surface area (TPSA) is 29.5 Å². The van der Waals surface area contributed by atoms with Crippen molar-refractivity contribution in [3.8, 4) is 0 Å². The third kappa shape index (κ3) is 3.31. The molecular formula is C21H27FO2Si. The van der Waals surface area contributed by atoms with Gasteiger partial charge in [-0.3, -0.25) is 0 Å². The quantitative estimate of drug-likeness (QED) is 0.803. The Morgan fingerprint density at radius 2 is 1.52 bits per heavy atom. The summed E-state index contributed by atoms with van der Waals surface area (Å²) in [4.78, 5) is 0. The minimum atomic E-state index is -2.60. The van der Waals surface area contributed by atoms with E-state index in [4.69, 9.17) is 4.43 Å². The van der Waals surface area contributed by atoms with E-state index in [1.54, 1.807) is 0 Å². The van der Waals surface area contributed by atoms with Gasteiger partial charge < -0.3 is 9.53 Å². The fourth-order valence-electron chi connectivity index (χ4n) is 3.74. The molecule has 2 aromatic carbocycles. The molecule has 25 heavy (non-hydrogen) atoms. The molecule has 0 unspecified atom stereocenters. The van der Waals surface area contributed by atoms with Crippen molar-refractivity contribution in [3.63, 3.8) is 0 Å². The monoisotopic (exact) mass is 358 g/mol. The van der Waals surface area contributed by atoms with E-state index < -0.39 is 20.6 Å². The van der Waals surface area contributed by atoms with Crippen LogP contribution in [0.5, 0.6) is 0 Å². The number of hydrogen-bond acceptors (Lipinski definition) is 2. The lowest BCUT2D eigenvalue weighted by Crippen LogP contribution is -2.66. The van der Waals surface area contributed by atoms with E-state index in [-0.39, 0.29) is 11.0 Å². The molecule has 0 spiro atoms. The highest BCUT2D eigenvalue weighted by atomic mass is 28.4. The first-order valence-electron chi connectivity index (χ1n) is 8.88. The summed E-state index contributed by atoms with van der Waals surface area (Å²) >= 11 is 0. The fraction of sp³-hybridized carbons (Fsp3) is 0.429. The van der Waals surface area contributed by atoms with Gasteiger partial charge >= 0.3 is 0 Å². The SMILES string of the molecule is CC(C)(C)[Si](OC[C@H]1C[C@@]1(F)CO)(c1ccccc1)c1ccccc1. The summed E-state index contributed by atoms with van der Waals surface area (Å²) in [5.41, 5.74) is -1.45. The van der Waals surface area contributed by atoms with E-state index in [0.29, 0.717) is 13.0 Å². The molecule has 4 heteroatoms. The molecule has 0 radical (unpaired) electrons. The van der Waals surface area contributed by atoms with E-state index in [0.717, 1.165) is 0 Å². The molecule has 1 aliphatic carbocycles. The number of hydrogen-bond donors (Lipinski definition) is 1. The molecule has 1 N–H and O–H groups in total. The normalized spacial score (nSPS) is 23.5. The smallest absolute Gasteiger partial charge is 0.261 e. The van der Waals surface area contributed by atoms with Gasteiger partial charge in [-0.1, -0.05) is 81.4 Å². The molecule has 1 saturated carbocycles. The molecule has 0 heterocycles. The van der Waals surface area contributed by atoms with Crippen LogP contribution in [0.4, 0.5) is 4.39 Å². The minimum absolute atomic E-state index is 0.108. The first kappa shape index (κ1) is 18.3. The van der Waals surface area contributed by atoms with E-state index in [1.807, 2.05) is 36.4 Å². The van der Waals surface area contributed by atoms with Gasteiger partial charge in [0.25, 0.3) is 8.32 Å². The van der Waals surface area contributed by atoms with Crippen LogP contribution in [0.15, 0.2) is 60.7 Å².